The summed E-state index contributed by atoms with van der Waals surface area (Å²) < 4.78 is 0.600. The maximum Gasteiger partial charge on any atom is 0.163 e. The third-order valence-electron chi connectivity index (χ3n) is 2.01. The van der Waals surface area contributed by atoms with E-state index in [1.807, 2.05) is 6.07 Å². The number of hydrogen-bond acceptors (Lipinski definition) is 5. The summed E-state index contributed by atoms with van der Waals surface area (Å²) in [7, 11) is 0. The van der Waals surface area contributed by atoms with Crippen LogP contribution in [-0.2, 0) is 0 Å². The summed E-state index contributed by atoms with van der Waals surface area (Å²) in [5, 5.41) is 38.1. The number of anilines is 1. The van der Waals surface area contributed by atoms with Crippen LogP contribution in [0.3, 0.4) is 0 Å². The number of allylic oxidation sites excluding steroid dienone is 2. The Morgan fingerprint density at radius 3 is 2.21 bits per heavy atom. The molecule has 0 spiro atoms. The first-order valence-corrected chi connectivity index (χ1v) is 5.85. The highest BCUT2D eigenvalue weighted by molar-refractivity contribution is 9.10. The van der Waals surface area contributed by atoms with Gasteiger partial charge >= 0.3 is 0 Å². The zero-order chi connectivity index (χ0) is 14.4. The minimum Gasteiger partial charge on any atom is -0.343 e. The van der Waals surface area contributed by atoms with Gasteiger partial charge in [-0.3, -0.25) is 0 Å². The molecule has 90 valence electrons. The van der Waals surface area contributed by atoms with Crippen molar-refractivity contribution in [1.82, 2.24) is 0 Å². The molecule has 19 heavy (non-hydrogen) atoms. The third kappa shape index (κ3) is 3.24. The number of hydrogen-bond donors (Lipinski definition) is 1. The van der Waals surface area contributed by atoms with Crippen molar-refractivity contribution in [1.29, 1.82) is 21.0 Å². The van der Waals surface area contributed by atoms with Crippen LogP contribution in [0, 0.1) is 45.3 Å². The van der Waals surface area contributed by atoms with Gasteiger partial charge in [0, 0.05) is 4.47 Å². The molecule has 0 aliphatic carbocycles. The summed E-state index contributed by atoms with van der Waals surface area (Å²) in [5.41, 5.74) is -0.287. The molecule has 0 atom stereocenters. The van der Waals surface area contributed by atoms with E-state index < -0.39 is 0 Å². The molecule has 5 nitrogen and oxygen atoms in total. The van der Waals surface area contributed by atoms with Crippen molar-refractivity contribution in [3.05, 3.63) is 38.5 Å². The summed E-state index contributed by atoms with van der Waals surface area (Å²) in [5.74, 6) is 0. The summed E-state index contributed by atoms with van der Waals surface area (Å²) in [6.07, 6.45) is 0. The van der Waals surface area contributed by atoms with E-state index in [9.17, 15) is 0 Å². The Hall–Kier alpha value is -2.51. The molecule has 0 saturated heterocycles. The normalized spacial score (nSPS) is 8.32. The zero-order valence-corrected chi connectivity index (χ0v) is 11.5. The summed E-state index contributed by atoms with van der Waals surface area (Å²) in [6.45, 7) is 0. The lowest BCUT2D eigenvalue weighted by Gasteiger charge is -2.09. The average Bonchev–Trinajstić information content (AvgIpc) is 2.40. The molecule has 0 bridgehead atoms. The quantitative estimate of drug-likeness (QED) is 0.837. The average molecular weight is 333 g/mol. The van der Waals surface area contributed by atoms with Crippen molar-refractivity contribution in [2.45, 2.75) is 0 Å². The van der Waals surface area contributed by atoms with Crippen LogP contribution in [0.1, 0.15) is 5.56 Å². The minimum absolute atomic E-state index is 0.173. The van der Waals surface area contributed by atoms with E-state index in [2.05, 4.69) is 21.2 Å². The van der Waals surface area contributed by atoms with Crippen LogP contribution >= 0.6 is 27.5 Å². The van der Waals surface area contributed by atoms with Crippen molar-refractivity contribution < 1.29 is 0 Å². The van der Waals surface area contributed by atoms with Gasteiger partial charge in [0.1, 0.15) is 30.0 Å². The number of nitrogens with zero attached hydrogens (tertiary/aromatic N) is 4. The Balaban J connectivity index is 3.41. The van der Waals surface area contributed by atoms with E-state index in [0.29, 0.717) is 4.47 Å². The van der Waals surface area contributed by atoms with Crippen molar-refractivity contribution in [2.75, 3.05) is 5.32 Å². The smallest absolute Gasteiger partial charge is 0.163 e. The molecule has 0 aliphatic heterocycles. The highest BCUT2D eigenvalue weighted by Gasteiger charge is 2.13. The fourth-order valence-electron chi connectivity index (χ4n) is 1.20. The van der Waals surface area contributed by atoms with Crippen LogP contribution in [0.5, 0.6) is 0 Å². The van der Waals surface area contributed by atoms with Crippen molar-refractivity contribution >= 4 is 33.2 Å². The summed E-state index contributed by atoms with van der Waals surface area (Å²) >= 11 is 9.15. The number of rotatable bonds is 2. The van der Waals surface area contributed by atoms with Crippen molar-refractivity contribution in [3.63, 3.8) is 0 Å². The van der Waals surface area contributed by atoms with Gasteiger partial charge < -0.3 is 5.32 Å². The summed E-state index contributed by atoms with van der Waals surface area (Å²) in [6, 6.07) is 9.80. The SMILES string of the molecule is N#CC(C#N)=C(C#N)Nc1c(Cl)cc(Br)cc1C#N. The number of nitriles is 4. The minimum atomic E-state index is -0.384. The Kier molecular flexibility index (Phi) is 4.92. The largest absolute Gasteiger partial charge is 0.343 e. The van der Waals surface area contributed by atoms with E-state index in [0.717, 1.165) is 0 Å². The van der Waals surface area contributed by atoms with Gasteiger partial charge in [-0.25, -0.2) is 0 Å². The van der Waals surface area contributed by atoms with Crippen LogP contribution in [0.2, 0.25) is 5.02 Å². The molecule has 0 saturated carbocycles. The molecule has 0 fully saturated rings. The molecular formula is C12H3BrClN5. The molecule has 0 radical (unpaired) electrons. The maximum atomic E-state index is 9.01. The van der Waals surface area contributed by atoms with Crippen LogP contribution < -0.4 is 5.32 Å². The van der Waals surface area contributed by atoms with Crippen LogP contribution in [0.25, 0.3) is 0 Å². The van der Waals surface area contributed by atoms with Gasteiger partial charge in [-0.05, 0) is 12.1 Å². The lowest BCUT2D eigenvalue weighted by molar-refractivity contribution is 1.36. The fraction of sp³-hybridized carbons (Fsp3) is 0. The Morgan fingerprint density at radius 2 is 1.74 bits per heavy atom. The Morgan fingerprint density at radius 1 is 1.11 bits per heavy atom. The molecule has 0 amide bonds. The topological polar surface area (TPSA) is 107 Å². The van der Waals surface area contributed by atoms with Gasteiger partial charge in [0.2, 0.25) is 0 Å². The molecule has 0 aliphatic rings. The van der Waals surface area contributed by atoms with Crippen LogP contribution in [0.4, 0.5) is 5.69 Å². The highest BCUT2D eigenvalue weighted by atomic mass is 79.9. The van der Waals surface area contributed by atoms with Gasteiger partial charge in [-0.2, -0.15) is 21.0 Å². The number of halogens is 2. The highest BCUT2D eigenvalue weighted by Crippen LogP contribution is 2.31. The third-order valence-corrected chi connectivity index (χ3v) is 2.77. The van der Waals surface area contributed by atoms with Gasteiger partial charge in [0.15, 0.2) is 5.57 Å². The number of benzene rings is 1. The van der Waals surface area contributed by atoms with Crippen molar-refractivity contribution in [2.24, 2.45) is 0 Å². The molecule has 0 unspecified atom stereocenters. The van der Waals surface area contributed by atoms with E-state index in [-0.39, 0.29) is 27.5 Å². The summed E-state index contributed by atoms with van der Waals surface area (Å²) in [4.78, 5) is 0. The monoisotopic (exact) mass is 331 g/mol. The van der Waals surface area contributed by atoms with E-state index in [4.69, 9.17) is 32.6 Å². The van der Waals surface area contributed by atoms with Crippen LogP contribution in [0.15, 0.2) is 27.9 Å². The van der Waals surface area contributed by atoms with E-state index in [1.165, 1.54) is 12.1 Å². The van der Waals surface area contributed by atoms with Gasteiger partial charge in [-0.15, -0.1) is 0 Å². The maximum absolute atomic E-state index is 9.01. The molecule has 7 heteroatoms. The first-order valence-electron chi connectivity index (χ1n) is 4.68. The lowest BCUT2D eigenvalue weighted by Crippen LogP contribution is -2.03. The molecule has 1 aromatic rings. The zero-order valence-electron chi connectivity index (χ0n) is 9.20. The van der Waals surface area contributed by atoms with Gasteiger partial charge in [0.05, 0.1) is 16.3 Å². The van der Waals surface area contributed by atoms with Crippen LogP contribution in [-0.4, -0.2) is 0 Å². The number of nitrogens with one attached hydrogen (secondary N) is 1. The lowest BCUT2D eigenvalue weighted by atomic mass is 10.1. The molecule has 1 aromatic carbocycles. The second kappa shape index (κ2) is 6.43. The first kappa shape index (κ1) is 14.6. The Bertz CT molecular complexity index is 709. The molecule has 1 rings (SSSR count). The molecular weight excluding hydrogens is 330 g/mol. The van der Waals surface area contributed by atoms with Crippen molar-refractivity contribution in [3.8, 4) is 24.3 Å². The predicted molar refractivity (Wildman–Crippen MR) is 71.4 cm³/mol. The van der Waals surface area contributed by atoms with Gasteiger partial charge in [-0.1, -0.05) is 27.5 Å². The Labute approximate surface area is 122 Å². The molecule has 0 aromatic heterocycles. The fourth-order valence-corrected chi connectivity index (χ4v) is 2.05. The first-order chi connectivity index (χ1) is 9.07. The van der Waals surface area contributed by atoms with E-state index in [1.54, 1.807) is 18.2 Å². The molecule has 1 N–H and O–H groups in total. The molecule has 0 heterocycles. The van der Waals surface area contributed by atoms with E-state index >= 15 is 0 Å². The second-order valence-electron chi connectivity index (χ2n) is 3.13. The second-order valence-corrected chi connectivity index (χ2v) is 4.46. The van der Waals surface area contributed by atoms with Gasteiger partial charge in [0.25, 0.3) is 0 Å². The standard InChI is InChI=1S/C12H3BrClN5/c13-9-1-7(3-15)12(10(14)2-9)19-11(6-18)8(4-16)5-17/h1-2,19H. The predicted octanol–water partition coefficient (Wildman–Crippen LogP) is 3.21.